The molecule has 2 aromatic rings. The van der Waals surface area contributed by atoms with Crippen molar-refractivity contribution in [2.45, 2.75) is 31.3 Å². The van der Waals surface area contributed by atoms with Gasteiger partial charge in [-0.25, -0.2) is 0 Å². The topological polar surface area (TPSA) is 43.4 Å². The molecule has 0 spiro atoms. The van der Waals surface area contributed by atoms with Gasteiger partial charge in [-0.15, -0.1) is 0 Å². The molecule has 7 heteroatoms. The van der Waals surface area contributed by atoms with Crippen LogP contribution in [-0.2, 0) is 26.9 Å². The maximum Gasteiger partial charge on any atom is 0.416 e. The zero-order valence-electron chi connectivity index (χ0n) is 13.2. The summed E-state index contributed by atoms with van der Waals surface area (Å²) in [5.74, 6) is 0. The van der Waals surface area contributed by atoms with E-state index in [1.807, 2.05) is 6.92 Å². The van der Waals surface area contributed by atoms with Crippen LogP contribution in [0.25, 0.3) is 0 Å². The average Bonchev–Trinajstić information content (AvgIpc) is 2.48. The van der Waals surface area contributed by atoms with Crippen LogP contribution in [0.5, 0.6) is 0 Å². The molecule has 0 aliphatic carbocycles. The summed E-state index contributed by atoms with van der Waals surface area (Å²) in [4.78, 5) is 0.0221. The molecule has 0 aromatic heterocycles. The minimum Gasteiger partial charge on any atom is -0.266 e. The molecular weight excluding hydrogens is 341 g/mol. The van der Waals surface area contributed by atoms with Gasteiger partial charge in [0.15, 0.2) is 0 Å². The van der Waals surface area contributed by atoms with Crippen molar-refractivity contribution in [3.8, 4) is 0 Å². The Bertz CT molecular complexity index is 810. The largest absolute Gasteiger partial charge is 0.416 e. The lowest BCUT2D eigenvalue weighted by Gasteiger charge is -2.12. The number of aryl methyl sites for hydroxylation is 2. The van der Waals surface area contributed by atoms with Crippen molar-refractivity contribution >= 4 is 10.1 Å². The van der Waals surface area contributed by atoms with Crippen LogP contribution in [0, 0.1) is 13.8 Å². The lowest BCUT2D eigenvalue weighted by molar-refractivity contribution is -0.137. The molecule has 0 amide bonds. The van der Waals surface area contributed by atoms with Crippen LogP contribution in [-0.4, -0.2) is 15.0 Å². The quantitative estimate of drug-likeness (QED) is 0.750. The van der Waals surface area contributed by atoms with E-state index in [-0.39, 0.29) is 17.9 Å². The lowest BCUT2D eigenvalue weighted by Crippen LogP contribution is -2.11. The molecular formula is C17H17F3O3S. The number of alkyl halides is 3. The fourth-order valence-corrected chi connectivity index (χ4v) is 3.06. The molecule has 2 rings (SSSR count). The molecule has 0 N–H and O–H groups in total. The first kappa shape index (κ1) is 18.5. The molecule has 0 bridgehead atoms. The molecule has 0 aliphatic rings. The summed E-state index contributed by atoms with van der Waals surface area (Å²) < 4.78 is 67.2. The number of hydrogen-bond donors (Lipinski definition) is 0. The van der Waals surface area contributed by atoms with Crippen LogP contribution in [0.3, 0.4) is 0 Å². The van der Waals surface area contributed by atoms with Gasteiger partial charge >= 0.3 is 6.18 Å². The van der Waals surface area contributed by atoms with Crippen LogP contribution >= 0.6 is 0 Å². The summed E-state index contributed by atoms with van der Waals surface area (Å²) in [7, 11) is -3.92. The maximum atomic E-state index is 12.7. The normalized spacial score (nSPS) is 12.4. The number of halogens is 3. The molecule has 0 atom stereocenters. The first-order chi connectivity index (χ1) is 11.1. The van der Waals surface area contributed by atoms with Crippen molar-refractivity contribution in [1.29, 1.82) is 0 Å². The van der Waals surface area contributed by atoms with Gasteiger partial charge in [-0.3, -0.25) is 4.18 Å². The molecule has 0 radical (unpaired) electrons. The van der Waals surface area contributed by atoms with Gasteiger partial charge in [0.1, 0.15) is 0 Å². The highest BCUT2D eigenvalue weighted by Gasteiger charge is 2.30. The van der Waals surface area contributed by atoms with Crippen LogP contribution in [0.1, 0.15) is 22.3 Å². The second-order valence-electron chi connectivity index (χ2n) is 5.48. The molecule has 0 heterocycles. The van der Waals surface area contributed by atoms with Crippen LogP contribution in [0.2, 0.25) is 0 Å². The molecule has 0 unspecified atom stereocenters. The summed E-state index contributed by atoms with van der Waals surface area (Å²) in [5.41, 5.74) is 1.21. The highest BCUT2D eigenvalue weighted by molar-refractivity contribution is 7.86. The third-order valence-electron chi connectivity index (χ3n) is 3.60. The van der Waals surface area contributed by atoms with E-state index in [4.69, 9.17) is 4.18 Å². The highest BCUT2D eigenvalue weighted by Crippen LogP contribution is 2.30. The van der Waals surface area contributed by atoms with E-state index in [0.29, 0.717) is 11.1 Å². The SMILES string of the molecule is Cc1ccc(S(=O)(=O)OCCc2cc(C(F)(F)F)ccc2C)cc1. The highest BCUT2D eigenvalue weighted by atomic mass is 32.2. The van der Waals surface area contributed by atoms with Crippen LogP contribution in [0.4, 0.5) is 13.2 Å². The average molecular weight is 358 g/mol. The van der Waals surface area contributed by atoms with E-state index < -0.39 is 21.9 Å². The van der Waals surface area contributed by atoms with Gasteiger partial charge in [-0.05, 0) is 55.7 Å². The zero-order valence-corrected chi connectivity index (χ0v) is 14.0. The van der Waals surface area contributed by atoms with Crippen molar-refractivity contribution < 1.29 is 25.8 Å². The first-order valence-corrected chi connectivity index (χ1v) is 8.63. The van der Waals surface area contributed by atoms with E-state index in [0.717, 1.165) is 17.7 Å². The van der Waals surface area contributed by atoms with Gasteiger partial charge in [-0.2, -0.15) is 21.6 Å². The van der Waals surface area contributed by atoms with E-state index in [9.17, 15) is 21.6 Å². The Hall–Kier alpha value is -1.86. The Balaban J connectivity index is 2.07. The second-order valence-corrected chi connectivity index (χ2v) is 7.09. The minimum atomic E-state index is -4.43. The van der Waals surface area contributed by atoms with E-state index in [1.54, 1.807) is 19.1 Å². The van der Waals surface area contributed by atoms with Gasteiger partial charge < -0.3 is 0 Å². The molecule has 130 valence electrons. The number of benzene rings is 2. The van der Waals surface area contributed by atoms with Gasteiger partial charge in [0.25, 0.3) is 10.1 Å². The Morgan fingerprint density at radius 2 is 1.62 bits per heavy atom. The van der Waals surface area contributed by atoms with Crippen molar-refractivity contribution in [2.24, 2.45) is 0 Å². The molecule has 2 aromatic carbocycles. The molecule has 0 saturated heterocycles. The number of rotatable bonds is 5. The minimum absolute atomic E-state index is 0.0221. The fourth-order valence-electron chi connectivity index (χ4n) is 2.15. The molecule has 3 nitrogen and oxygen atoms in total. The van der Waals surface area contributed by atoms with Gasteiger partial charge in [0.2, 0.25) is 0 Å². The molecule has 24 heavy (non-hydrogen) atoms. The fraction of sp³-hybridized carbons (Fsp3) is 0.294. The summed E-state index contributed by atoms with van der Waals surface area (Å²) in [5, 5.41) is 0. The molecule has 0 fully saturated rings. The van der Waals surface area contributed by atoms with Gasteiger partial charge in [0, 0.05) is 0 Å². The third-order valence-corrected chi connectivity index (χ3v) is 4.92. The summed E-state index contributed by atoms with van der Waals surface area (Å²) in [6.45, 7) is 3.27. The second kappa shape index (κ2) is 6.94. The maximum absolute atomic E-state index is 12.7. The standard InChI is InChI=1S/C17H17F3O3S/c1-12-3-7-16(8-4-12)24(21,22)23-10-9-14-11-15(17(18,19)20)6-5-13(14)2/h3-8,11H,9-10H2,1-2H3. The van der Waals surface area contributed by atoms with Gasteiger partial charge in [-0.1, -0.05) is 23.8 Å². The van der Waals surface area contributed by atoms with Gasteiger partial charge in [0.05, 0.1) is 17.1 Å². The van der Waals surface area contributed by atoms with E-state index in [2.05, 4.69) is 0 Å². The van der Waals surface area contributed by atoms with Crippen molar-refractivity contribution in [3.63, 3.8) is 0 Å². The Labute approximate surface area is 139 Å². The summed E-state index contributed by atoms with van der Waals surface area (Å²) in [6, 6.07) is 9.55. The van der Waals surface area contributed by atoms with Crippen molar-refractivity contribution in [1.82, 2.24) is 0 Å². The first-order valence-electron chi connectivity index (χ1n) is 7.22. The van der Waals surface area contributed by atoms with E-state index >= 15 is 0 Å². The van der Waals surface area contributed by atoms with E-state index in [1.165, 1.54) is 18.2 Å². The number of hydrogen-bond acceptors (Lipinski definition) is 3. The molecule has 0 aliphatic heterocycles. The predicted octanol–water partition coefficient (Wildman–Crippen LogP) is 4.27. The van der Waals surface area contributed by atoms with Crippen molar-refractivity contribution in [2.75, 3.05) is 6.61 Å². The lowest BCUT2D eigenvalue weighted by atomic mass is 10.0. The zero-order chi connectivity index (χ0) is 18.0. The summed E-state index contributed by atoms with van der Waals surface area (Å²) >= 11 is 0. The Kier molecular flexibility index (Phi) is 5.35. The van der Waals surface area contributed by atoms with Crippen LogP contribution in [0.15, 0.2) is 47.4 Å². The third kappa shape index (κ3) is 4.58. The Morgan fingerprint density at radius 1 is 1.00 bits per heavy atom. The van der Waals surface area contributed by atoms with Crippen molar-refractivity contribution in [3.05, 3.63) is 64.7 Å². The molecule has 0 saturated carbocycles. The monoisotopic (exact) mass is 358 g/mol. The Morgan fingerprint density at radius 3 is 2.21 bits per heavy atom. The predicted molar refractivity (Wildman–Crippen MR) is 84.2 cm³/mol. The summed E-state index contributed by atoms with van der Waals surface area (Å²) in [6.07, 6.45) is -4.36. The smallest absolute Gasteiger partial charge is 0.266 e. The van der Waals surface area contributed by atoms with Crippen LogP contribution < -0.4 is 0 Å².